The maximum Gasteiger partial charge on any atom is 0.438 e. The minimum atomic E-state index is -2.53. The average Bonchev–Trinajstić information content (AvgIpc) is 3.20. The number of benzene rings is 1. The van der Waals surface area contributed by atoms with Crippen LogP contribution in [-0.4, -0.2) is 33.1 Å². The van der Waals surface area contributed by atoms with Gasteiger partial charge in [0.2, 0.25) is 0 Å². The number of hydrogen-bond acceptors (Lipinski definition) is 6. The van der Waals surface area contributed by atoms with Gasteiger partial charge in [-0.1, -0.05) is 29.4 Å². The number of nitrogens with zero attached hydrogens (tertiary/aromatic N) is 3. The second-order valence-electron chi connectivity index (χ2n) is 5.93. The van der Waals surface area contributed by atoms with Crippen molar-refractivity contribution in [3.8, 4) is 10.4 Å². The number of aromatic nitrogens is 3. The Morgan fingerprint density at radius 1 is 1.32 bits per heavy atom. The molecule has 130 valence electrons. The van der Waals surface area contributed by atoms with E-state index in [9.17, 15) is 13.6 Å². The molecular weight excluding hydrogens is 350 g/mol. The number of likely N-dealkylation sites (tertiary alicyclic amines) is 1. The van der Waals surface area contributed by atoms with E-state index < -0.39 is 12.2 Å². The molecule has 0 radical (unpaired) electrons. The van der Waals surface area contributed by atoms with Crippen LogP contribution in [0, 0.1) is 0 Å². The smallest absolute Gasteiger partial charge is 0.298 e. The molecule has 1 aliphatic rings. The summed E-state index contributed by atoms with van der Waals surface area (Å²) in [6.45, 7) is 2.39. The minimum absolute atomic E-state index is 0.156. The monoisotopic (exact) mass is 364 g/mol. The summed E-state index contributed by atoms with van der Waals surface area (Å²) in [7, 11) is 0. The number of alkyl halides is 2. The molecule has 1 aliphatic heterocycles. The third kappa shape index (κ3) is 3.38. The summed E-state index contributed by atoms with van der Waals surface area (Å²) in [6.07, 6.45) is -1.04. The zero-order valence-electron chi connectivity index (χ0n) is 13.0. The lowest BCUT2D eigenvalue weighted by Crippen LogP contribution is -2.44. The van der Waals surface area contributed by atoms with Crippen LogP contribution in [0.5, 0.6) is 0 Å². The summed E-state index contributed by atoms with van der Waals surface area (Å²) in [5.74, 6) is 0.259. The quantitative estimate of drug-likeness (QED) is 0.753. The van der Waals surface area contributed by atoms with E-state index in [2.05, 4.69) is 24.5 Å². The number of aromatic amines is 1. The Balaban J connectivity index is 1.36. The van der Waals surface area contributed by atoms with Crippen LogP contribution in [0.15, 0.2) is 39.8 Å². The number of H-pyrrole nitrogens is 1. The molecule has 0 amide bonds. The Bertz CT molecular complexity index is 913. The van der Waals surface area contributed by atoms with E-state index in [1.807, 2.05) is 24.3 Å². The third-order valence-corrected chi connectivity index (χ3v) is 5.21. The zero-order valence-corrected chi connectivity index (χ0v) is 13.8. The summed E-state index contributed by atoms with van der Waals surface area (Å²) in [5.41, 5.74) is 2.02. The molecule has 0 saturated carbocycles. The van der Waals surface area contributed by atoms with E-state index in [0.717, 1.165) is 47.0 Å². The Kier molecular flexibility index (Phi) is 4.18. The molecule has 9 heteroatoms. The van der Waals surface area contributed by atoms with Gasteiger partial charge in [-0.15, -0.1) is 11.3 Å². The molecule has 0 aliphatic carbocycles. The Morgan fingerprint density at radius 3 is 2.68 bits per heavy atom. The summed E-state index contributed by atoms with van der Waals surface area (Å²) in [6, 6.07) is 7.82. The standard InChI is InChI=1S/C16H14F2N4O2S/c17-13(18)15-19-5-12(25-15)10-3-1-9(2-4-10)6-22-7-11(8-22)14-20-16(23)24-21-14/h1-5,11,13H,6-8H2,(H,20,21,23). The third-order valence-electron chi connectivity index (χ3n) is 4.16. The van der Waals surface area contributed by atoms with Crippen LogP contribution in [0.2, 0.25) is 0 Å². The van der Waals surface area contributed by atoms with Crippen molar-refractivity contribution in [2.45, 2.75) is 18.9 Å². The van der Waals surface area contributed by atoms with E-state index in [4.69, 9.17) is 0 Å². The molecule has 0 spiro atoms. The lowest BCUT2D eigenvalue weighted by atomic mass is 9.98. The van der Waals surface area contributed by atoms with Crippen molar-refractivity contribution >= 4 is 11.3 Å². The first kappa shape index (κ1) is 16.1. The number of halogens is 2. The highest BCUT2D eigenvalue weighted by Gasteiger charge is 2.30. The molecule has 1 aromatic carbocycles. The molecule has 0 bridgehead atoms. The first-order valence-corrected chi connectivity index (χ1v) is 8.51. The highest BCUT2D eigenvalue weighted by molar-refractivity contribution is 7.15. The molecule has 3 heterocycles. The van der Waals surface area contributed by atoms with Crippen LogP contribution in [0.1, 0.15) is 28.7 Å². The van der Waals surface area contributed by atoms with Gasteiger partial charge in [0, 0.05) is 31.7 Å². The maximum atomic E-state index is 12.6. The van der Waals surface area contributed by atoms with Crippen molar-refractivity contribution in [1.82, 2.24) is 20.0 Å². The van der Waals surface area contributed by atoms with Gasteiger partial charge < -0.3 is 0 Å². The van der Waals surface area contributed by atoms with Gasteiger partial charge in [-0.05, 0) is 11.1 Å². The van der Waals surface area contributed by atoms with Crippen LogP contribution >= 0.6 is 11.3 Å². The molecule has 3 aromatic rings. The van der Waals surface area contributed by atoms with Crippen molar-refractivity contribution in [3.05, 3.63) is 57.4 Å². The summed E-state index contributed by atoms with van der Waals surface area (Å²) in [4.78, 5) is 20.2. The molecular formula is C16H14F2N4O2S. The van der Waals surface area contributed by atoms with E-state index in [1.54, 1.807) is 0 Å². The molecule has 0 unspecified atom stereocenters. The molecule has 1 saturated heterocycles. The van der Waals surface area contributed by atoms with Crippen molar-refractivity contribution in [2.75, 3.05) is 13.1 Å². The van der Waals surface area contributed by atoms with Crippen molar-refractivity contribution in [2.24, 2.45) is 0 Å². The van der Waals surface area contributed by atoms with Gasteiger partial charge in [-0.25, -0.2) is 18.6 Å². The second-order valence-corrected chi connectivity index (χ2v) is 6.99. The molecule has 2 aromatic heterocycles. The molecule has 1 fully saturated rings. The van der Waals surface area contributed by atoms with E-state index in [0.29, 0.717) is 5.82 Å². The lowest BCUT2D eigenvalue weighted by Gasteiger charge is -2.37. The van der Waals surface area contributed by atoms with Crippen molar-refractivity contribution < 1.29 is 13.3 Å². The van der Waals surface area contributed by atoms with Gasteiger partial charge in [-0.3, -0.25) is 14.4 Å². The van der Waals surface area contributed by atoms with Gasteiger partial charge in [0.25, 0.3) is 6.43 Å². The maximum absolute atomic E-state index is 12.6. The predicted molar refractivity (Wildman–Crippen MR) is 87.6 cm³/mol. The van der Waals surface area contributed by atoms with Crippen LogP contribution in [0.3, 0.4) is 0 Å². The largest absolute Gasteiger partial charge is 0.438 e. The lowest BCUT2D eigenvalue weighted by molar-refractivity contribution is 0.133. The van der Waals surface area contributed by atoms with Gasteiger partial charge in [0.1, 0.15) is 0 Å². The van der Waals surface area contributed by atoms with Gasteiger partial charge in [0.15, 0.2) is 10.8 Å². The molecule has 0 atom stereocenters. The van der Waals surface area contributed by atoms with Gasteiger partial charge >= 0.3 is 5.76 Å². The Hall–Kier alpha value is -2.39. The zero-order chi connectivity index (χ0) is 17.4. The van der Waals surface area contributed by atoms with Crippen molar-refractivity contribution in [3.63, 3.8) is 0 Å². The molecule has 1 N–H and O–H groups in total. The number of hydrogen-bond donors (Lipinski definition) is 1. The second kappa shape index (κ2) is 6.49. The topological polar surface area (TPSA) is 75.0 Å². The highest BCUT2D eigenvalue weighted by atomic mass is 32.1. The molecule has 4 rings (SSSR count). The number of rotatable bonds is 5. The van der Waals surface area contributed by atoms with E-state index in [1.165, 1.54) is 6.20 Å². The number of thiazole rings is 1. The number of nitrogens with one attached hydrogen (secondary N) is 1. The fourth-order valence-corrected chi connectivity index (χ4v) is 3.62. The van der Waals surface area contributed by atoms with Crippen LogP contribution in [0.25, 0.3) is 10.4 Å². The average molecular weight is 364 g/mol. The summed E-state index contributed by atoms with van der Waals surface area (Å²) >= 11 is 1.01. The SMILES string of the molecule is O=c1[nH]c(C2CN(Cc3ccc(-c4cnc(C(F)F)s4)cc3)C2)no1. The summed E-state index contributed by atoms with van der Waals surface area (Å²) in [5, 5.41) is 3.55. The van der Waals surface area contributed by atoms with Crippen LogP contribution in [-0.2, 0) is 6.54 Å². The fourth-order valence-electron chi connectivity index (χ4n) is 2.84. The predicted octanol–water partition coefficient (Wildman–Crippen LogP) is 3.02. The van der Waals surface area contributed by atoms with Crippen LogP contribution < -0.4 is 5.76 Å². The molecule has 25 heavy (non-hydrogen) atoms. The summed E-state index contributed by atoms with van der Waals surface area (Å²) < 4.78 is 29.8. The van der Waals surface area contributed by atoms with Gasteiger partial charge in [0.05, 0.1) is 4.88 Å². The first-order valence-electron chi connectivity index (χ1n) is 7.70. The van der Waals surface area contributed by atoms with E-state index in [-0.39, 0.29) is 10.9 Å². The van der Waals surface area contributed by atoms with Gasteiger partial charge in [-0.2, -0.15) is 0 Å². The minimum Gasteiger partial charge on any atom is -0.298 e. The van der Waals surface area contributed by atoms with E-state index >= 15 is 0 Å². The van der Waals surface area contributed by atoms with Crippen LogP contribution in [0.4, 0.5) is 8.78 Å². The molecule has 6 nitrogen and oxygen atoms in total. The highest BCUT2D eigenvalue weighted by Crippen LogP contribution is 2.32. The normalized spacial score (nSPS) is 15.6. The fraction of sp³-hybridized carbons (Fsp3) is 0.312. The first-order chi connectivity index (χ1) is 12.1. The Morgan fingerprint density at radius 2 is 2.08 bits per heavy atom. The Labute approximate surface area is 145 Å². The van der Waals surface area contributed by atoms with Crippen molar-refractivity contribution in [1.29, 1.82) is 0 Å².